The summed E-state index contributed by atoms with van der Waals surface area (Å²) in [5.41, 5.74) is 6.23. The van der Waals surface area contributed by atoms with E-state index >= 15 is 0 Å². The summed E-state index contributed by atoms with van der Waals surface area (Å²) < 4.78 is 5.67. The second kappa shape index (κ2) is 14.9. The van der Waals surface area contributed by atoms with Crippen LogP contribution in [0.3, 0.4) is 0 Å². The molecule has 3 aromatic carbocycles. The fraction of sp³-hybridized carbons (Fsp3) is 0.325. The van der Waals surface area contributed by atoms with E-state index in [0.29, 0.717) is 36.0 Å². The Bertz CT molecular complexity index is 2110. The molecule has 0 bridgehead atoms. The van der Waals surface area contributed by atoms with Crippen molar-refractivity contribution in [2.75, 3.05) is 19.7 Å². The van der Waals surface area contributed by atoms with Crippen molar-refractivity contribution in [2.24, 2.45) is 0 Å². The molecule has 3 aliphatic rings. The molecule has 5 heterocycles. The van der Waals surface area contributed by atoms with Crippen molar-refractivity contribution in [3.63, 3.8) is 0 Å². The number of halogens is 1. The standard InChI is InChI=1S/C40H40ClN7O5/c41-29-7-2-1-6-28(29)35(46-40(51)52)39(50)48-20-4-9-33(48)37-43-23-31(45-37)27-17-13-25(14-18-27)24-11-15-26(16-12-24)30-22-42-36(44-30)32-8-3-19-47(32)38(49)34-10-5-21-53-34/h1-2,6-7,11-18,22-23,32-35,46H,3-5,8-10,19-21H2,(H,42,44)(H,43,45)(H,51,52)/t32-,33-,34+,35+/m0/s1. The van der Waals surface area contributed by atoms with Crippen LogP contribution in [0.25, 0.3) is 33.6 Å². The second-order valence-corrected chi connectivity index (χ2v) is 14.2. The van der Waals surface area contributed by atoms with Gasteiger partial charge in [0, 0.05) is 30.3 Å². The summed E-state index contributed by atoms with van der Waals surface area (Å²) >= 11 is 6.37. The van der Waals surface area contributed by atoms with Crippen LogP contribution in [0.1, 0.15) is 73.9 Å². The number of aromatic nitrogens is 4. The van der Waals surface area contributed by atoms with Crippen molar-refractivity contribution in [2.45, 2.75) is 62.8 Å². The molecular formula is C40H40ClN7O5. The Morgan fingerprint density at radius 2 is 1.30 bits per heavy atom. The molecule has 3 aliphatic heterocycles. The molecule has 3 fully saturated rings. The molecule has 2 aromatic heterocycles. The minimum atomic E-state index is -1.30. The summed E-state index contributed by atoms with van der Waals surface area (Å²) in [5, 5.41) is 12.2. The lowest BCUT2D eigenvalue weighted by Gasteiger charge is -2.28. The fourth-order valence-electron chi connectivity index (χ4n) is 7.85. The van der Waals surface area contributed by atoms with E-state index in [1.54, 1.807) is 35.4 Å². The predicted molar refractivity (Wildman–Crippen MR) is 199 cm³/mol. The van der Waals surface area contributed by atoms with Gasteiger partial charge in [-0.1, -0.05) is 78.3 Å². The summed E-state index contributed by atoms with van der Waals surface area (Å²) in [4.78, 5) is 58.3. The zero-order valence-electron chi connectivity index (χ0n) is 29.0. The molecule has 0 aliphatic carbocycles. The minimum Gasteiger partial charge on any atom is -0.465 e. The molecule has 12 nitrogen and oxygen atoms in total. The van der Waals surface area contributed by atoms with Gasteiger partial charge in [0.05, 0.1) is 35.9 Å². The van der Waals surface area contributed by atoms with Crippen LogP contribution >= 0.6 is 11.6 Å². The monoisotopic (exact) mass is 733 g/mol. The van der Waals surface area contributed by atoms with E-state index in [1.165, 1.54) is 0 Å². The van der Waals surface area contributed by atoms with Crippen molar-refractivity contribution in [1.82, 2.24) is 35.1 Å². The van der Waals surface area contributed by atoms with Gasteiger partial charge in [-0.3, -0.25) is 9.59 Å². The van der Waals surface area contributed by atoms with Crippen molar-refractivity contribution in [3.8, 4) is 33.6 Å². The zero-order valence-corrected chi connectivity index (χ0v) is 29.8. The summed E-state index contributed by atoms with van der Waals surface area (Å²) in [5.74, 6) is 1.17. The highest BCUT2D eigenvalue weighted by atomic mass is 35.5. The predicted octanol–water partition coefficient (Wildman–Crippen LogP) is 7.30. The Morgan fingerprint density at radius 3 is 1.85 bits per heavy atom. The highest BCUT2D eigenvalue weighted by Crippen LogP contribution is 2.36. The van der Waals surface area contributed by atoms with Gasteiger partial charge in [0.2, 0.25) is 0 Å². The molecule has 272 valence electrons. The number of aromatic amines is 2. The molecule has 5 aromatic rings. The molecule has 0 unspecified atom stereocenters. The van der Waals surface area contributed by atoms with Gasteiger partial charge in [0.25, 0.3) is 11.8 Å². The first-order valence-corrected chi connectivity index (χ1v) is 18.5. The van der Waals surface area contributed by atoms with E-state index in [9.17, 15) is 19.5 Å². The number of amides is 3. The Morgan fingerprint density at radius 1 is 0.755 bits per heavy atom. The Labute approximate surface area is 311 Å². The molecule has 13 heteroatoms. The first-order chi connectivity index (χ1) is 25.8. The molecule has 8 rings (SSSR count). The zero-order chi connectivity index (χ0) is 36.5. The number of hydrogen-bond donors (Lipinski definition) is 4. The van der Waals surface area contributed by atoms with Crippen LogP contribution in [-0.2, 0) is 14.3 Å². The molecule has 53 heavy (non-hydrogen) atoms. The number of ether oxygens (including phenoxy) is 1. The first-order valence-electron chi connectivity index (χ1n) is 18.1. The number of nitrogens with one attached hydrogen (secondary N) is 3. The van der Waals surface area contributed by atoms with Gasteiger partial charge in [-0.05, 0) is 66.8 Å². The van der Waals surface area contributed by atoms with Crippen molar-refractivity contribution in [1.29, 1.82) is 0 Å². The van der Waals surface area contributed by atoms with Gasteiger partial charge in [-0.25, -0.2) is 14.8 Å². The van der Waals surface area contributed by atoms with Gasteiger partial charge >= 0.3 is 6.09 Å². The number of rotatable bonds is 9. The summed E-state index contributed by atoms with van der Waals surface area (Å²) in [6, 6.07) is 21.8. The smallest absolute Gasteiger partial charge is 0.405 e. The molecular weight excluding hydrogens is 694 g/mol. The molecule has 3 saturated heterocycles. The maximum absolute atomic E-state index is 13.8. The van der Waals surface area contributed by atoms with Gasteiger partial charge in [-0.2, -0.15) is 0 Å². The highest BCUT2D eigenvalue weighted by Gasteiger charge is 2.38. The van der Waals surface area contributed by atoms with Crippen molar-refractivity contribution < 1.29 is 24.2 Å². The van der Waals surface area contributed by atoms with Crippen LogP contribution in [0.4, 0.5) is 4.79 Å². The van der Waals surface area contributed by atoms with E-state index in [1.807, 2.05) is 23.2 Å². The van der Waals surface area contributed by atoms with Gasteiger partial charge in [0.15, 0.2) is 0 Å². The first kappa shape index (κ1) is 34.6. The molecule has 0 radical (unpaired) electrons. The summed E-state index contributed by atoms with van der Waals surface area (Å²) in [6.07, 6.45) is 7.00. The number of carbonyl (C=O) groups is 3. The summed E-state index contributed by atoms with van der Waals surface area (Å²) in [6.45, 7) is 1.86. The average molecular weight is 734 g/mol. The lowest BCUT2D eigenvalue weighted by Crippen LogP contribution is -2.42. The number of likely N-dealkylation sites (tertiary alicyclic amines) is 2. The molecule has 0 spiro atoms. The van der Waals surface area contributed by atoms with Gasteiger partial charge in [-0.15, -0.1) is 0 Å². The maximum Gasteiger partial charge on any atom is 0.405 e. The molecule has 0 saturated carbocycles. The third kappa shape index (κ3) is 7.04. The summed E-state index contributed by atoms with van der Waals surface area (Å²) in [7, 11) is 0. The number of benzene rings is 3. The quantitative estimate of drug-likeness (QED) is 0.124. The van der Waals surface area contributed by atoms with E-state index < -0.39 is 12.1 Å². The Hall–Kier alpha value is -5.46. The lowest BCUT2D eigenvalue weighted by atomic mass is 10.0. The fourth-order valence-corrected chi connectivity index (χ4v) is 8.09. The largest absolute Gasteiger partial charge is 0.465 e. The highest BCUT2D eigenvalue weighted by molar-refractivity contribution is 6.31. The van der Waals surface area contributed by atoms with Crippen LogP contribution in [0, 0.1) is 0 Å². The SMILES string of the molecule is O=C(O)N[C@@H](C(=O)N1CCC[C@H]1c1ncc(-c2ccc(-c3ccc(-c4cnc([C@@H]5CCCN5C(=O)[C@H]5CCCO5)[nH]4)cc3)cc2)[nH]1)c1ccccc1Cl. The van der Waals surface area contributed by atoms with E-state index in [4.69, 9.17) is 16.3 Å². The number of imidazole rings is 2. The lowest BCUT2D eigenvalue weighted by molar-refractivity contribution is -0.142. The van der Waals surface area contributed by atoms with Crippen molar-refractivity contribution >= 4 is 29.5 Å². The number of hydrogen-bond acceptors (Lipinski definition) is 6. The number of carboxylic acid groups (broad SMARTS) is 1. The van der Waals surface area contributed by atoms with E-state index in [-0.39, 0.29) is 30.0 Å². The Kier molecular flexibility index (Phi) is 9.72. The van der Waals surface area contributed by atoms with E-state index in [0.717, 1.165) is 78.1 Å². The van der Waals surface area contributed by atoms with Crippen LogP contribution in [0.2, 0.25) is 5.02 Å². The Balaban J connectivity index is 0.934. The van der Waals surface area contributed by atoms with Crippen LogP contribution in [-0.4, -0.2) is 78.6 Å². The van der Waals surface area contributed by atoms with Gasteiger partial charge in [0.1, 0.15) is 23.8 Å². The van der Waals surface area contributed by atoms with E-state index in [2.05, 4.69) is 61.7 Å². The number of carbonyl (C=O) groups excluding carboxylic acids is 2. The van der Waals surface area contributed by atoms with Crippen molar-refractivity contribution in [3.05, 3.63) is 107 Å². The molecule has 4 N–H and O–H groups in total. The van der Waals surface area contributed by atoms with Gasteiger partial charge < -0.3 is 34.9 Å². The third-order valence-electron chi connectivity index (χ3n) is 10.6. The maximum atomic E-state index is 13.8. The third-order valence-corrected chi connectivity index (χ3v) is 10.9. The second-order valence-electron chi connectivity index (χ2n) is 13.8. The molecule has 4 atom stereocenters. The average Bonchev–Trinajstić information content (AvgIpc) is 4.03. The van der Waals surface area contributed by atoms with Crippen LogP contribution in [0.5, 0.6) is 0 Å². The normalized spacial score (nSPS) is 20.5. The van der Waals surface area contributed by atoms with Crippen LogP contribution < -0.4 is 5.32 Å². The molecule has 3 amide bonds. The minimum absolute atomic E-state index is 0.0588. The topological polar surface area (TPSA) is 157 Å². The number of H-pyrrole nitrogens is 2. The number of nitrogens with zero attached hydrogens (tertiary/aromatic N) is 4. The van der Waals surface area contributed by atoms with Crippen LogP contribution in [0.15, 0.2) is 85.2 Å².